The summed E-state index contributed by atoms with van der Waals surface area (Å²) >= 11 is 0. The molecule has 0 aromatic heterocycles. The van der Waals surface area contributed by atoms with Crippen molar-refractivity contribution >= 4 is 5.97 Å². The van der Waals surface area contributed by atoms with E-state index in [4.69, 9.17) is 14.6 Å². The zero-order valence-corrected chi connectivity index (χ0v) is 11.6. The molecule has 0 aliphatic heterocycles. The Hall–Kier alpha value is -0.690. The predicted molar refractivity (Wildman–Crippen MR) is 67.6 cm³/mol. The fourth-order valence-corrected chi connectivity index (χ4v) is 1.31. The van der Waals surface area contributed by atoms with E-state index in [0.29, 0.717) is 13.0 Å². The molecule has 0 aromatic carbocycles. The zero-order chi connectivity index (χ0) is 14.2. The van der Waals surface area contributed by atoms with Gasteiger partial charge >= 0.3 is 5.97 Å². The van der Waals surface area contributed by atoms with E-state index in [1.807, 2.05) is 6.92 Å². The molecule has 0 heterocycles. The quantitative estimate of drug-likeness (QED) is 0.523. The highest BCUT2D eigenvalue weighted by molar-refractivity contribution is 5.78. The van der Waals surface area contributed by atoms with Gasteiger partial charge < -0.3 is 19.7 Å². The molecule has 0 aliphatic rings. The van der Waals surface area contributed by atoms with Crippen LogP contribution in [0.4, 0.5) is 0 Å². The summed E-state index contributed by atoms with van der Waals surface area (Å²) in [5.41, 5.74) is -1.01. The lowest BCUT2D eigenvalue weighted by atomic mass is 9.99. The number of β-amino-alcohol motifs (C(OH)–C–C–N with tert-alkyl or cyclic N) is 1. The smallest absolute Gasteiger partial charge is 0.323 e. The number of rotatable bonds is 10. The molecule has 0 aliphatic carbocycles. The maximum atomic E-state index is 11.0. The number of carboxylic acids is 1. The van der Waals surface area contributed by atoms with Gasteiger partial charge in [-0.1, -0.05) is 6.92 Å². The van der Waals surface area contributed by atoms with Crippen molar-refractivity contribution in [2.45, 2.75) is 44.9 Å². The lowest BCUT2D eigenvalue weighted by Crippen LogP contribution is -2.52. The minimum absolute atomic E-state index is 0.0957. The fraction of sp³-hybridized carbons (Fsp3) is 0.917. The number of methoxy groups -OCH3 is 1. The molecule has 0 spiro atoms. The normalized spacial score (nSPS) is 18.1. The molecule has 0 rings (SSSR count). The molecule has 0 saturated carbocycles. The Morgan fingerprint density at radius 1 is 1.44 bits per heavy atom. The number of aliphatic carboxylic acids is 1. The molecule has 0 bridgehead atoms. The Kier molecular flexibility index (Phi) is 8.10. The van der Waals surface area contributed by atoms with Gasteiger partial charge in [0.2, 0.25) is 0 Å². The molecule has 108 valence electrons. The summed E-state index contributed by atoms with van der Waals surface area (Å²) in [7, 11) is 1.58. The SMILES string of the molecule is CCC(C)(NCC(O)COC(C)COC)C(=O)O. The van der Waals surface area contributed by atoms with E-state index in [-0.39, 0.29) is 19.3 Å². The molecule has 0 aromatic rings. The number of hydrogen-bond acceptors (Lipinski definition) is 5. The third-order valence-corrected chi connectivity index (χ3v) is 2.88. The minimum atomic E-state index is -1.01. The van der Waals surface area contributed by atoms with Crippen molar-refractivity contribution in [2.24, 2.45) is 0 Å². The highest BCUT2D eigenvalue weighted by Crippen LogP contribution is 2.09. The number of hydrogen-bond donors (Lipinski definition) is 3. The van der Waals surface area contributed by atoms with Crippen LogP contribution in [-0.2, 0) is 14.3 Å². The molecule has 6 nitrogen and oxygen atoms in total. The number of carboxylic acid groups (broad SMARTS) is 1. The van der Waals surface area contributed by atoms with Crippen molar-refractivity contribution in [1.82, 2.24) is 5.32 Å². The maximum Gasteiger partial charge on any atom is 0.323 e. The maximum absolute atomic E-state index is 11.0. The predicted octanol–water partition coefficient (Wildman–Crippen LogP) is 0.242. The summed E-state index contributed by atoms with van der Waals surface area (Å²) in [4.78, 5) is 11.0. The van der Waals surface area contributed by atoms with Gasteiger partial charge in [-0.25, -0.2) is 0 Å². The summed E-state index contributed by atoms with van der Waals surface area (Å²) in [6.45, 7) is 6.01. The molecular weight excluding hydrogens is 238 g/mol. The molecule has 3 unspecified atom stereocenters. The first-order chi connectivity index (χ1) is 8.35. The summed E-state index contributed by atoms with van der Waals surface area (Å²) in [5, 5.41) is 21.6. The molecule has 3 N–H and O–H groups in total. The van der Waals surface area contributed by atoms with E-state index in [9.17, 15) is 9.90 Å². The number of nitrogens with one attached hydrogen (secondary N) is 1. The van der Waals surface area contributed by atoms with E-state index < -0.39 is 17.6 Å². The van der Waals surface area contributed by atoms with E-state index >= 15 is 0 Å². The third kappa shape index (κ3) is 6.30. The van der Waals surface area contributed by atoms with Crippen LogP contribution in [-0.4, -0.2) is 60.8 Å². The van der Waals surface area contributed by atoms with Crippen LogP contribution >= 0.6 is 0 Å². The summed E-state index contributed by atoms with van der Waals surface area (Å²) < 4.78 is 10.2. The number of ether oxygens (including phenoxy) is 2. The van der Waals surface area contributed by atoms with Crippen molar-refractivity contribution in [3.05, 3.63) is 0 Å². The summed E-state index contributed by atoms with van der Waals surface area (Å²) in [5.74, 6) is -0.925. The van der Waals surface area contributed by atoms with Crippen LogP contribution in [0.5, 0.6) is 0 Å². The first-order valence-corrected chi connectivity index (χ1v) is 6.12. The molecule has 0 amide bonds. The Morgan fingerprint density at radius 3 is 2.50 bits per heavy atom. The second kappa shape index (κ2) is 8.42. The molecule has 0 radical (unpaired) electrons. The van der Waals surface area contributed by atoms with Crippen molar-refractivity contribution < 1.29 is 24.5 Å². The fourth-order valence-electron chi connectivity index (χ4n) is 1.31. The van der Waals surface area contributed by atoms with Gasteiger partial charge in [0, 0.05) is 13.7 Å². The Morgan fingerprint density at radius 2 is 2.06 bits per heavy atom. The number of carbonyl (C=O) groups is 1. The second-order valence-electron chi connectivity index (χ2n) is 4.62. The van der Waals surface area contributed by atoms with Gasteiger partial charge in [0.25, 0.3) is 0 Å². The number of aliphatic hydroxyl groups excluding tert-OH is 1. The van der Waals surface area contributed by atoms with E-state index in [1.54, 1.807) is 21.0 Å². The largest absolute Gasteiger partial charge is 0.480 e. The lowest BCUT2D eigenvalue weighted by molar-refractivity contribution is -0.144. The van der Waals surface area contributed by atoms with E-state index in [1.165, 1.54) is 0 Å². The van der Waals surface area contributed by atoms with Crippen LogP contribution in [0.1, 0.15) is 27.2 Å². The Balaban J connectivity index is 3.95. The molecule has 3 atom stereocenters. The molecule has 0 saturated heterocycles. The van der Waals surface area contributed by atoms with Crippen LogP contribution in [0.25, 0.3) is 0 Å². The van der Waals surface area contributed by atoms with E-state index in [2.05, 4.69) is 5.32 Å². The van der Waals surface area contributed by atoms with E-state index in [0.717, 1.165) is 0 Å². The third-order valence-electron chi connectivity index (χ3n) is 2.88. The highest BCUT2D eigenvalue weighted by Gasteiger charge is 2.30. The van der Waals surface area contributed by atoms with Gasteiger partial charge in [-0.05, 0) is 20.3 Å². The highest BCUT2D eigenvalue weighted by atomic mass is 16.5. The lowest BCUT2D eigenvalue weighted by Gasteiger charge is -2.26. The average molecular weight is 263 g/mol. The van der Waals surface area contributed by atoms with Crippen molar-refractivity contribution in [2.75, 3.05) is 26.9 Å². The van der Waals surface area contributed by atoms with Crippen LogP contribution in [0.15, 0.2) is 0 Å². The van der Waals surface area contributed by atoms with Crippen LogP contribution in [0.3, 0.4) is 0 Å². The molecule has 0 fully saturated rings. The molecular formula is C12H25NO5. The van der Waals surface area contributed by atoms with Crippen LogP contribution in [0, 0.1) is 0 Å². The number of aliphatic hydroxyl groups is 1. The standard InChI is InChI=1S/C12H25NO5/c1-5-12(3,11(15)16)13-6-10(14)8-18-9(2)7-17-4/h9-10,13-14H,5-8H2,1-4H3,(H,15,16). The van der Waals surface area contributed by atoms with Gasteiger partial charge in [-0.15, -0.1) is 0 Å². The van der Waals surface area contributed by atoms with Crippen molar-refractivity contribution in [3.8, 4) is 0 Å². The second-order valence-corrected chi connectivity index (χ2v) is 4.62. The summed E-state index contributed by atoms with van der Waals surface area (Å²) in [6, 6.07) is 0. The topological polar surface area (TPSA) is 88.0 Å². The van der Waals surface area contributed by atoms with Gasteiger partial charge in [0.15, 0.2) is 0 Å². The van der Waals surface area contributed by atoms with Crippen LogP contribution < -0.4 is 5.32 Å². The van der Waals surface area contributed by atoms with Gasteiger partial charge in [-0.3, -0.25) is 10.1 Å². The van der Waals surface area contributed by atoms with Crippen molar-refractivity contribution in [1.29, 1.82) is 0 Å². The monoisotopic (exact) mass is 263 g/mol. The Bertz CT molecular complexity index is 249. The van der Waals surface area contributed by atoms with Gasteiger partial charge in [-0.2, -0.15) is 0 Å². The zero-order valence-electron chi connectivity index (χ0n) is 11.6. The van der Waals surface area contributed by atoms with Gasteiger partial charge in [0.1, 0.15) is 5.54 Å². The van der Waals surface area contributed by atoms with Crippen molar-refractivity contribution in [3.63, 3.8) is 0 Å². The first-order valence-electron chi connectivity index (χ1n) is 6.12. The molecule has 18 heavy (non-hydrogen) atoms. The van der Waals surface area contributed by atoms with Gasteiger partial charge in [0.05, 0.1) is 25.4 Å². The Labute approximate surface area is 108 Å². The molecule has 6 heteroatoms. The van der Waals surface area contributed by atoms with Crippen LogP contribution in [0.2, 0.25) is 0 Å². The first kappa shape index (κ1) is 17.3. The minimum Gasteiger partial charge on any atom is -0.480 e. The average Bonchev–Trinajstić information content (AvgIpc) is 2.33. The summed E-state index contributed by atoms with van der Waals surface area (Å²) in [6.07, 6.45) is -0.396.